The maximum atomic E-state index is 10.9. The average molecular weight is 367 g/mol. The molecule has 0 unspecified atom stereocenters. The smallest absolute Gasteiger partial charge is 0.343 e. The summed E-state index contributed by atoms with van der Waals surface area (Å²) in [6.07, 6.45) is 21.3. The molecule has 1 rings (SSSR count). The fourth-order valence-corrected chi connectivity index (χ4v) is 3.20. The predicted molar refractivity (Wildman–Crippen MR) is 106 cm³/mol. The number of unbranched alkanes of at least 4 members (excludes halogenated alkanes) is 14. The van der Waals surface area contributed by atoms with Crippen molar-refractivity contribution >= 4 is 5.97 Å². The molecule has 0 atom stereocenters. The molecule has 0 spiro atoms. The first-order valence-electron chi connectivity index (χ1n) is 10.7. The summed E-state index contributed by atoms with van der Waals surface area (Å²) in [4.78, 5) is 10.9. The van der Waals surface area contributed by atoms with E-state index in [1.54, 1.807) is 0 Å². The third-order valence-corrected chi connectivity index (χ3v) is 4.84. The van der Waals surface area contributed by atoms with E-state index in [0.29, 0.717) is 6.61 Å². The van der Waals surface area contributed by atoms with Crippen molar-refractivity contribution in [2.24, 2.45) is 0 Å². The Bertz CT molecular complexity index is 453. The van der Waals surface area contributed by atoms with E-state index in [0.717, 1.165) is 12.8 Å². The van der Waals surface area contributed by atoms with Gasteiger partial charge in [0.2, 0.25) is 0 Å². The molecule has 0 aliphatic heterocycles. The van der Waals surface area contributed by atoms with E-state index in [-0.39, 0.29) is 11.5 Å². The van der Waals surface area contributed by atoms with Gasteiger partial charge in [0.05, 0.1) is 12.9 Å². The molecule has 150 valence electrons. The number of aromatic carboxylic acids is 1. The summed E-state index contributed by atoms with van der Waals surface area (Å²) in [6.45, 7) is 2.79. The topological polar surface area (TPSA) is 59.7 Å². The first kappa shape index (κ1) is 22.6. The summed E-state index contributed by atoms with van der Waals surface area (Å²) < 4.78 is 10.5. The Morgan fingerprint density at radius 3 is 1.77 bits per heavy atom. The lowest BCUT2D eigenvalue weighted by molar-refractivity contribution is 0.0688. The van der Waals surface area contributed by atoms with Gasteiger partial charge in [-0.2, -0.15) is 0 Å². The number of carbonyl (C=O) groups is 1. The second-order valence-corrected chi connectivity index (χ2v) is 7.23. The van der Waals surface area contributed by atoms with Crippen molar-refractivity contribution in [3.8, 4) is 5.95 Å². The largest absolute Gasteiger partial charge is 0.477 e. The van der Waals surface area contributed by atoms with Gasteiger partial charge in [-0.1, -0.05) is 96.8 Å². The zero-order valence-corrected chi connectivity index (χ0v) is 16.6. The molecular weight excluding hydrogens is 328 g/mol. The number of furan rings is 1. The molecule has 0 aromatic carbocycles. The van der Waals surface area contributed by atoms with Crippen LogP contribution in [-0.2, 0) is 0 Å². The van der Waals surface area contributed by atoms with Crippen LogP contribution in [0.5, 0.6) is 5.95 Å². The van der Waals surface area contributed by atoms with Crippen LogP contribution in [0.1, 0.15) is 114 Å². The first-order chi connectivity index (χ1) is 12.8. The lowest BCUT2D eigenvalue weighted by Gasteiger charge is -2.05. The lowest BCUT2D eigenvalue weighted by Crippen LogP contribution is -2.02. The van der Waals surface area contributed by atoms with E-state index in [1.165, 1.54) is 95.8 Å². The van der Waals surface area contributed by atoms with Gasteiger partial charge in [0, 0.05) is 0 Å². The van der Waals surface area contributed by atoms with Crippen LogP contribution < -0.4 is 4.74 Å². The molecule has 1 aromatic rings. The first-order valence-corrected chi connectivity index (χ1v) is 10.7. The third-order valence-electron chi connectivity index (χ3n) is 4.84. The van der Waals surface area contributed by atoms with Crippen molar-refractivity contribution in [2.75, 3.05) is 6.61 Å². The number of carboxylic acids is 1. The van der Waals surface area contributed by atoms with E-state index in [4.69, 9.17) is 14.3 Å². The maximum absolute atomic E-state index is 10.9. The fraction of sp³-hybridized carbons (Fsp3) is 0.773. The molecular formula is C22H38O4. The van der Waals surface area contributed by atoms with Crippen LogP contribution in [0, 0.1) is 0 Å². The van der Waals surface area contributed by atoms with E-state index in [9.17, 15) is 4.79 Å². The van der Waals surface area contributed by atoms with E-state index >= 15 is 0 Å². The molecule has 0 radical (unpaired) electrons. The monoisotopic (exact) mass is 366 g/mol. The Morgan fingerprint density at radius 2 is 1.31 bits per heavy atom. The highest BCUT2D eigenvalue weighted by molar-refractivity contribution is 5.89. The zero-order valence-electron chi connectivity index (χ0n) is 16.6. The Labute approximate surface area is 159 Å². The van der Waals surface area contributed by atoms with Crippen molar-refractivity contribution in [3.63, 3.8) is 0 Å². The molecule has 1 aromatic heterocycles. The highest BCUT2D eigenvalue weighted by Crippen LogP contribution is 2.20. The van der Waals surface area contributed by atoms with Crippen molar-refractivity contribution in [3.05, 3.63) is 17.9 Å². The lowest BCUT2D eigenvalue weighted by atomic mass is 10.0. The van der Waals surface area contributed by atoms with Crippen LogP contribution in [0.2, 0.25) is 0 Å². The van der Waals surface area contributed by atoms with E-state index in [1.807, 2.05) is 0 Å². The molecule has 4 nitrogen and oxygen atoms in total. The quantitative estimate of drug-likeness (QED) is 0.278. The molecule has 0 saturated carbocycles. The van der Waals surface area contributed by atoms with Gasteiger partial charge >= 0.3 is 5.97 Å². The van der Waals surface area contributed by atoms with Gasteiger partial charge in [-0.05, 0) is 12.5 Å². The minimum atomic E-state index is -1.01. The minimum absolute atomic E-state index is 0.103. The predicted octanol–water partition coefficient (Wildman–Crippen LogP) is 7.23. The number of hydrogen-bond donors (Lipinski definition) is 1. The van der Waals surface area contributed by atoms with Gasteiger partial charge in [-0.15, -0.1) is 0 Å². The Morgan fingerprint density at radius 1 is 0.846 bits per heavy atom. The third kappa shape index (κ3) is 11.2. The summed E-state index contributed by atoms with van der Waals surface area (Å²) in [5.74, 6) is -0.881. The van der Waals surface area contributed by atoms with Crippen molar-refractivity contribution in [2.45, 2.75) is 103 Å². The molecule has 0 fully saturated rings. The summed E-state index contributed by atoms with van der Waals surface area (Å²) in [6, 6.07) is 1.42. The number of rotatable bonds is 18. The van der Waals surface area contributed by atoms with Crippen LogP contribution in [-0.4, -0.2) is 17.7 Å². The van der Waals surface area contributed by atoms with Crippen LogP contribution in [0.25, 0.3) is 0 Å². The second-order valence-electron chi connectivity index (χ2n) is 7.23. The molecule has 0 aliphatic rings. The summed E-state index contributed by atoms with van der Waals surface area (Å²) >= 11 is 0. The van der Waals surface area contributed by atoms with Gasteiger partial charge < -0.3 is 14.3 Å². The molecule has 1 N–H and O–H groups in total. The van der Waals surface area contributed by atoms with Crippen LogP contribution >= 0.6 is 0 Å². The highest BCUT2D eigenvalue weighted by atomic mass is 16.6. The van der Waals surface area contributed by atoms with Crippen molar-refractivity contribution in [1.29, 1.82) is 0 Å². The maximum Gasteiger partial charge on any atom is 0.343 e. The molecule has 1 heterocycles. The van der Waals surface area contributed by atoms with Gasteiger partial charge in [-0.25, -0.2) is 4.79 Å². The highest BCUT2D eigenvalue weighted by Gasteiger charge is 2.14. The van der Waals surface area contributed by atoms with Crippen LogP contribution in [0.15, 0.2) is 16.7 Å². The molecule has 4 heteroatoms. The Balaban J connectivity index is 1.80. The van der Waals surface area contributed by atoms with Crippen molar-refractivity contribution < 1.29 is 19.1 Å². The van der Waals surface area contributed by atoms with Crippen LogP contribution in [0.3, 0.4) is 0 Å². The molecule has 0 bridgehead atoms. The van der Waals surface area contributed by atoms with Crippen LogP contribution in [0.4, 0.5) is 0 Å². The number of hydrogen-bond acceptors (Lipinski definition) is 3. The number of ether oxygens (including phenoxy) is 1. The average Bonchev–Trinajstić information content (AvgIpc) is 3.10. The standard InChI is InChI=1S/C22H38O4/c1-2-3-4-5-6-7-8-9-10-11-12-13-14-15-16-18-25-22-20(21(23)24)17-19-26-22/h17,19H,2-16,18H2,1H3,(H,23,24). The van der Waals surface area contributed by atoms with Gasteiger partial charge in [-0.3, -0.25) is 0 Å². The number of carboxylic acid groups (broad SMARTS) is 1. The molecule has 0 aliphatic carbocycles. The molecule has 26 heavy (non-hydrogen) atoms. The van der Waals surface area contributed by atoms with E-state index < -0.39 is 5.97 Å². The Kier molecular flexibility index (Phi) is 13.7. The summed E-state index contributed by atoms with van der Waals surface area (Å²) in [7, 11) is 0. The van der Waals surface area contributed by atoms with Gasteiger partial charge in [0.1, 0.15) is 5.56 Å². The zero-order chi connectivity index (χ0) is 18.9. The van der Waals surface area contributed by atoms with E-state index in [2.05, 4.69) is 6.92 Å². The minimum Gasteiger partial charge on any atom is -0.477 e. The summed E-state index contributed by atoms with van der Waals surface area (Å²) in [5.41, 5.74) is 0.103. The van der Waals surface area contributed by atoms with Gasteiger partial charge in [0.15, 0.2) is 0 Å². The molecule has 0 amide bonds. The normalized spacial score (nSPS) is 11.0. The van der Waals surface area contributed by atoms with Crippen molar-refractivity contribution in [1.82, 2.24) is 0 Å². The second kappa shape index (κ2) is 15.8. The SMILES string of the molecule is CCCCCCCCCCCCCCCCCOc1occc1C(=O)O. The molecule has 0 saturated heterocycles. The summed E-state index contributed by atoms with van der Waals surface area (Å²) in [5, 5.41) is 8.95. The Hall–Kier alpha value is -1.45. The fourth-order valence-electron chi connectivity index (χ4n) is 3.20. The van der Waals surface area contributed by atoms with Gasteiger partial charge in [0.25, 0.3) is 5.95 Å².